The highest BCUT2D eigenvalue weighted by Gasteiger charge is 2.19. The molecule has 0 aliphatic rings. The van der Waals surface area contributed by atoms with Crippen molar-refractivity contribution in [3.8, 4) is 5.75 Å². The number of nitrogens with one attached hydrogen (secondary N) is 1. The molecule has 2 aromatic rings. The smallest absolute Gasteiger partial charge is 0.344 e. The van der Waals surface area contributed by atoms with E-state index in [-0.39, 0.29) is 17.3 Å². The number of hydrogen-bond donors (Lipinski definition) is 1. The van der Waals surface area contributed by atoms with Gasteiger partial charge in [0.1, 0.15) is 11.6 Å². The third-order valence-corrected chi connectivity index (χ3v) is 3.28. The maximum absolute atomic E-state index is 13.0. The Kier molecular flexibility index (Phi) is 6.14. The molecule has 5 nitrogen and oxygen atoms in total. The Morgan fingerprint density at radius 3 is 2.58 bits per heavy atom. The molecule has 0 heterocycles. The lowest BCUT2D eigenvalue weighted by atomic mass is 10.3. The van der Waals surface area contributed by atoms with Crippen LogP contribution in [0.3, 0.4) is 0 Å². The van der Waals surface area contributed by atoms with E-state index in [0.717, 1.165) is 12.1 Å². The van der Waals surface area contributed by atoms with Crippen molar-refractivity contribution in [2.45, 2.75) is 13.0 Å². The van der Waals surface area contributed by atoms with E-state index in [4.69, 9.17) is 21.1 Å². The van der Waals surface area contributed by atoms with Crippen LogP contribution in [-0.2, 0) is 14.3 Å². The van der Waals surface area contributed by atoms with Gasteiger partial charge in [0.15, 0.2) is 12.7 Å². The standard InChI is InChI=1S/C17H15ClFNO4/c1-11(17(22)20-15-8-7-12(19)9-14(15)18)24-16(21)10-23-13-5-3-2-4-6-13/h2-9,11H,10H2,1H3,(H,20,22)/t11-/m1/s1. The fourth-order valence-corrected chi connectivity index (χ4v) is 1.98. The van der Waals surface area contributed by atoms with Crippen LogP contribution in [0.1, 0.15) is 6.92 Å². The summed E-state index contributed by atoms with van der Waals surface area (Å²) < 4.78 is 23.2. The summed E-state index contributed by atoms with van der Waals surface area (Å²) in [5.41, 5.74) is 0.228. The number of benzene rings is 2. The highest BCUT2D eigenvalue weighted by molar-refractivity contribution is 6.33. The number of anilines is 1. The van der Waals surface area contributed by atoms with Crippen molar-refractivity contribution in [1.82, 2.24) is 0 Å². The van der Waals surface area contributed by atoms with Crippen molar-refractivity contribution in [1.29, 1.82) is 0 Å². The molecule has 24 heavy (non-hydrogen) atoms. The minimum absolute atomic E-state index is 0.0503. The van der Waals surface area contributed by atoms with Gasteiger partial charge in [-0.25, -0.2) is 9.18 Å². The zero-order valence-electron chi connectivity index (χ0n) is 12.8. The normalized spacial score (nSPS) is 11.5. The molecule has 1 amide bonds. The van der Waals surface area contributed by atoms with E-state index in [9.17, 15) is 14.0 Å². The number of carbonyl (C=O) groups is 2. The molecule has 0 bridgehead atoms. The van der Waals surface area contributed by atoms with Crippen molar-refractivity contribution < 1.29 is 23.5 Å². The Morgan fingerprint density at radius 1 is 1.21 bits per heavy atom. The fraction of sp³-hybridized carbons (Fsp3) is 0.176. The molecule has 126 valence electrons. The van der Waals surface area contributed by atoms with Crippen LogP contribution in [0.15, 0.2) is 48.5 Å². The van der Waals surface area contributed by atoms with Gasteiger partial charge in [-0.05, 0) is 37.3 Å². The summed E-state index contributed by atoms with van der Waals surface area (Å²) >= 11 is 5.82. The second-order valence-electron chi connectivity index (χ2n) is 4.85. The lowest BCUT2D eigenvalue weighted by Crippen LogP contribution is -2.31. The number of para-hydroxylation sites is 1. The number of ether oxygens (including phenoxy) is 2. The first kappa shape index (κ1) is 17.7. The van der Waals surface area contributed by atoms with E-state index in [2.05, 4.69) is 5.32 Å². The average Bonchev–Trinajstić information content (AvgIpc) is 2.56. The molecule has 0 aliphatic carbocycles. The molecule has 1 atom stereocenters. The number of carbonyl (C=O) groups excluding carboxylic acids is 2. The van der Waals surface area contributed by atoms with E-state index in [1.807, 2.05) is 6.07 Å². The summed E-state index contributed by atoms with van der Waals surface area (Å²) in [7, 11) is 0. The quantitative estimate of drug-likeness (QED) is 0.810. The van der Waals surface area contributed by atoms with Gasteiger partial charge in [-0.3, -0.25) is 4.79 Å². The van der Waals surface area contributed by atoms with Crippen molar-refractivity contribution in [2.75, 3.05) is 11.9 Å². The molecule has 0 spiro atoms. The first-order valence-electron chi connectivity index (χ1n) is 7.09. The molecule has 2 aromatic carbocycles. The number of hydrogen-bond acceptors (Lipinski definition) is 4. The van der Waals surface area contributed by atoms with Crippen molar-refractivity contribution in [3.05, 3.63) is 59.4 Å². The molecular weight excluding hydrogens is 337 g/mol. The SMILES string of the molecule is C[C@@H](OC(=O)COc1ccccc1)C(=O)Nc1ccc(F)cc1Cl. The molecule has 0 radical (unpaired) electrons. The molecule has 1 N–H and O–H groups in total. The van der Waals surface area contributed by atoms with Crippen LogP contribution in [0.25, 0.3) is 0 Å². The Labute approximate surface area is 143 Å². The Hall–Kier alpha value is -2.60. The van der Waals surface area contributed by atoms with E-state index in [0.29, 0.717) is 5.75 Å². The summed E-state index contributed by atoms with van der Waals surface area (Å²) in [4.78, 5) is 23.7. The van der Waals surface area contributed by atoms with Crippen LogP contribution in [0.2, 0.25) is 5.02 Å². The summed E-state index contributed by atoms with van der Waals surface area (Å²) in [6.45, 7) is 1.09. The van der Waals surface area contributed by atoms with E-state index < -0.39 is 23.8 Å². The van der Waals surface area contributed by atoms with Crippen LogP contribution in [-0.4, -0.2) is 24.6 Å². The lowest BCUT2D eigenvalue weighted by molar-refractivity contribution is -0.155. The van der Waals surface area contributed by atoms with Crippen LogP contribution in [0, 0.1) is 5.82 Å². The zero-order valence-corrected chi connectivity index (χ0v) is 13.5. The molecule has 0 saturated carbocycles. The van der Waals surface area contributed by atoms with Gasteiger partial charge >= 0.3 is 5.97 Å². The third-order valence-electron chi connectivity index (χ3n) is 2.97. The van der Waals surface area contributed by atoms with Gasteiger partial charge in [0.05, 0.1) is 10.7 Å². The van der Waals surface area contributed by atoms with Crippen LogP contribution in [0.4, 0.5) is 10.1 Å². The topological polar surface area (TPSA) is 64.6 Å². The first-order chi connectivity index (χ1) is 11.5. The van der Waals surface area contributed by atoms with Crippen LogP contribution < -0.4 is 10.1 Å². The number of esters is 1. The average molecular weight is 352 g/mol. The summed E-state index contributed by atoms with van der Waals surface area (Å²) in [6.07, 6.45) is -1.06. The molecule has 2 rings (SSSR count). The monoisotopic (exact) mass is 351 g/mol. The number of rotatable bonds is 6. The molecule has 0 aromatic heterocycles. The molecule has 7 heteroatoms. The first-order valence-corrected chi connectivity index (χ1v) is 7.47. The third kappa shape index (κ3) is 5.24. The van der Waals surface area contributed by atoms with Gasteiger partial charge in [0, 0.05) is 0 Å². The van der Waals surface area contributed by atoms with Crippen molar-refractivity contribution in [2.24, 2.45) is 0 Å². The van der Waals surface area contributed by atoms with Gasteiger partial charge in [0.2, 0.25) is 0 Å². The predicted octanol–water partition coefficient (Wildman–Crippen LogP) is 3.43. The number of halogens is 2. The van der Waals surface area contributed by atoms with E-state index in [1.54, 1.807) is 24.3 Å². The van der Waals surface area contributed by atoms with Gasteiger partial charge in [-0.2, -0.15) is 0 Å². The van der Waals surface area contributed by atoms with Gasteiger partial charge in [-0.15, -0.1) is 0 Å². The van der Waals surface area contributed by atoms with Crippen molar-refractivity contribution in [3.63, 3.8) is 0 Å². The minimum atomic E-state index is -1.06. The number of amides is 1. The Bertz CT molecular complexity index is 724. The molecule has 0 unspecified atom stereocenters. The predicted molar refractivity (Wildman–Crippen MR) is 87.5 cm³/mol. The Morgan fingerprint density at radius 2 is 1.92 bits per heavy atom. The zero-order chi connectivity index (χ0) is 17.5. The largest absolute Gasteiger partial charge is 0.482 e. The maximum atomic E-state index is 13.0. The highest BCUT2D eigenvalue weighted by atomic mass is 35.5. The van der Waals surface area contributed by atoms with Crippen LogP contribution >= 0.6 is 11.6 Å². The molecule has 0 aliphatic heterocycles. The maximum Gasteiger partial charge on any atom is 0.344 e. The fourth-order valence-electron chi connectivity index (χ4n) is 1.77. The Balaban J connectivity index is 1.83. The van der Waals surface area contributed by atoms with Gasteiger partial charge in [0.25, 0.3) is 5.91 Å². The molecule has 0 fully saturated rings. The second kappa shape index (κ2) is 8.31. The minimum Gasteiger partial charge on any atom is -0.482 e. The molecular formula is C17H15ClFNO4. The van der Waals surface area contributed by atoms with E-state index >= 15 is 0 Å². The van der Waals surface area contributed by atoms with Gasteiger partial charge in [-0.1, -0.05) is 29.8 Å². The summed E-state index contributed by atoms with van der Waals surface area (Å²) in [5.74, 6) is -1.27. The van der Waals surface area contributed by atoms with Crippen molar-refractivity contribution >= 4 is 29.2 Å². The van der Waals surface area contributed by atoms with Gasteiger partial charge < -0.3 is 14.8 Å². The highest BCUT2D eigenvalue weighted by Crippen LogP contribution is 2.22. The molecule has 0 saturated heterocycles. The van der Waals surface area contributed by atoms with E-state index in [1.165, 1.54) is 13.0 Å². The summed E-state index contributed by atoms with van der Waals surface area (Å²) in [6, 6.07) is 12.3. The lowest BCUT2D eigenvalue weighted by Gasteiger charge is -2.14. The summed E-state index contributed by atoms with van der Waals surface area (Å²) in [5, 5.41) is 2.51. The second-order valence-corrected chi connectivity index (χ2v) is 5.25. The van der Waals surface area contributed by atoms with Crippen LogP contribution in [0.5, 0.6) is 5.75 Å².